The van der Waals surface area contributed by atoms with Crippen LogP contribution in [0.15, 0.2) is 95.6 Å². The molecule has 3 aromatic carbocycles. The largest absolute Gasteiger partial charge is 0.467 e. The number of amides is 2. The number of aromatic nitrogens is 3. The van der Waals surface area contributed by atoms with Gasteiger partial charge in [0.25, 0.3) is 0 Å². The van der Waals surface area contributed by atoms with Crippen molar-refractivity contribution < 1.29 is 14.0 Å². The number of nitrogens with zero attached hydrogens (tertiary/aromatic N) is 4. The minimum Gasteiger partial charge on any atom is -0.467 e. The zero-order chi connectivity index (χ0) is 25.8. The molecule has 8 nitrogen and oxygen atoms in total. The molecule has 1 N–H and O–H groups in total. The lowest BCUT2D eigenvalue weighted by Crippen LogP contribution is -2.45. The number of carbonyl (C=O) groups is 2. The quantitative estimate of drug-likeness (QED) is 0.337. The Morgan fingerprint density at radius 3 is 2.38 bits per heavy atom. The van der Waals surface area contributed by atoms with Crippen LogP contribution in [0.2, 0.25) is 0 Å². The van der Waals surface area contributed by atoms with Gasteiger partial charge in [-0.15, -0.1) is 5.10 Å². The number of rotatable bonds is 8. The summed E-state index contributed by atoms with van der Waals surface area (Å²) in [7, 11) is 0. The monoisotopic (exact) mass is 493 g/mol. The molecule has 1 unspecified atom stereocenters. The number of carbonyl (C=O) groups excluding carboxylic acids is 2. The second-order valence-electron chi connectivity index (χ2n) is 8.85. The molecule has 186 valence electrons. The fourth-order valence-electron chi connectivity index (χ4n) is 4.56. The molecule has 0 saturated carbocycles. The Morgan fingerprint density at radius 2 is 1.65 bits per heavy atom. The van der Waals surface area contributed by atoms with Crippen molar-refractivity contribution in [1.82, 2.24) is 20.3 Å². The van der Waals surface area contributed by atoms with Crippen molar-refractivity contribution >= 4 is 28.5 Å². The Morgan fingerprint density at radius 1 is 0.919 bits per heavy atom. The highest BCUT2D eigenvalue weighted by atomic mass is 16.3. The number of benzene rings is 3. The summed E-state index contributed by atoms with van der Waals surface area (Å²) < 4.78 is 6.97. The van der Waals surface area contributed by atoms with E-state index in [0.717, 1.165) is 16.6 Å². The van der Waals surface area contributed by atoms with Crippen LogP contribution in [0.5, 0.6) is 0 Å². The smallest absolute Gasteiger partial charge is 0.249 e. The van der Waals surface area contributed by atoms with Gasteiger partial charge in [0.1, 0.15) is 23.9 Å². The minimum atomic E-state index is -0.918. The molecule has 5 rings (SSSR count). The third-order valence-corrected chi connectivity index (χ3v) is 6.29. The molecule has 2 amide bonds. The first kappa shape index (κ1) is 24.0. The van der Waals surface area contributed by atoms with Crippen LogP contribution in [0, 0.1) is 13.8 Å². The molecule has 0 bridgehead atoms. The van der Waals surface area contributed by atoms with E-state index < -0.39 is 6.04 Å². The predicted molar refractivity (Wildman–Crippen MR) is 141 cm³/mol. The second-order valence-corrected chi connectivity index (χ2v) is 8.85. The maximum atomic E-state index is 14.2. The summed E-state index contributed by atoms with van der Waals surface area (Å²) in [6, 6.07) is 25.3. The molecular formula is C29H27N5O3. The average molecular weight is 494 g/mol. The van der Waals surface area contributed by atoms with Crippen molar-refractivity contribution in [3.05, 3.63) is 114 Å². The Balaban J connectivity index is 1.59. The molecule has 0 aliphatic rings. The van der Waals surface area contributed by atoms with Crippen molar-refractivity contribution in [2.75, 3.05) is 4.90 Å². The summed E-state index contributed by atoms with van der Waals surface area (Å²) in [5.74, 6) is 0.0244. The molecule has 2 heterocycles. The summed E-state index contributed by atoms with van der Waals surface area (Å²) in [6.45, 7) is 4.01. The van der Waals surface area contributed by atoms with Gasteiger partial charge in [-0.3, -0.25) is 14.5 Å². The van der Waals surface area contributed by atoms with Crippen LogP contribution in [0.3, 0.4) is 0 Å². The van der Waals surface area contributed by atoms with Crippen molar-refractivity contribution in [3.63, 3.8) is 0 Å². The number of furan rings is 1. The van der Waals surface area contributed by atoms with Gasteiger partial charge in [-0.05, 0) is 54.8 Å². The maximum absolute atomic E-state index is 14.2. The number of anilines is 1. The highest BCUT2D eigenvalue weighted by Gasteiger charge is 2.34. The first-order valence-corrected chi connectivity index (χ1v) is 12.0. The van der Waals surface area contributed by atoms with Crippen LogP contribution in [-0.2, 0) is 22.7 Å². The Kier molecular flexibility index (Phi) is 6.81. The predicted octanol–water partition coefficient (Wildman–Crippen LogP) is 4.73. The van der Waals surface area contributed by atoms with E-state index in [0.29, 0.717) is 22.5 Å². The van der Waals surface area contributed by atoms with E-state index in [1.54, 1.807) is 28.0 Å². The van der Waals surface area contributed by atoms with Gasteiger partial charge in [-0.1, -0.05) is 65.9 Å². The highest BCUT2D eigenvalue weighted by Crippen LogP contribution is 2.33. The Labute approximate surface area is 214 Å². The van der Waals surface area contributed by atoms with Gasteiger partial charge in [0.05, 0.1) is 24.0 Å². The fourth-order valence-corrected chi connectivity index (χ4v) is 4.56. The number of hydrogen-bond donors (Lipinski definition) is 1. The summed E-state index contributed by atoms with van der Waals surface area (Å²) in [5.41, 5.74) is 4.60. The zero-order valence-corrected chi connectivity index (χ0v) is 20.7. The second kappa shape index (κ2) is 10.5. The lowest BCUT2D eigenvalue weighted by Gasteiger charge is -2.33. The van der Waals surface area contributed by atoms with Gasteiger partial charge in [0.2, 0.25) is 11.8 Å². The number of para-hydroxylation sites is 2. The van der Waals surface area contributed by atoms with Crippen LogP contribution in [0.25, 0.3) is 11.0 Å². The first-order valence-electron chi connectivity index (χ1n) is 12.0. The van der Waals surface area contributed by atoms with E-state index >= 15 is 0 Å². The molecular weight excluding hydrogens is 466 g/mol. The highest BCUT2D eigenvalue weighted by molar-refractivity contribution is 6.02. The number of nitrogens with one attached hydrogen (secondary N) is 1. The van der Waals surface area contributed by atoms with E-state index in [1.807, 2.05) is 86.6 Å². The molecule has 2 aromatic heterocycles. The van der Waals surface area contributed by atoms with Crippen LogP contribution in [-0.4, -0.2) is 26.8 Å². The van der Waals surface area contributed by atoms with Gasteiger partial charge in [-0.2, -0.15) is 0 Å². The van der Waals surface area contributed by atoms with Gasteiger partial charge in [0, 0.05) is 0 Å². The topological polar surface area (TPSA) is 93.3 Å². The molecule has 37 heavy (non-hydrogen) atoms. The van der Waals surface area contributed by atoms with Crippen LogP contribution >= 0.6 is 0 Å². The van der Waals surface area contributed by atoms with E-state index in [4.69, 9.17) is 4.42 Å². The van der Waals surface area contributed by atoms with E-state index in [9.17, 15) is 9.59 Å². The van der Waals surface area contributed by atoms with Crippen molar-refractivity contribution in [2.45, 2.75) is 33.0 Å². The maximum Gasteiger partial charge on any atom is 0.249 e. The van der Waals surface area contributed by atoms with Gasteiger partial charge >= 0.3 is 0 Å². The normalized spacial score (nSPS) is 11.8. The molecule has 0 aliphatic carbocycles. The number of hydrogen-bond acceptors (Lipinski definition) is 5. The first-order chi connectivity index (χ1) is 18.0. The average Bonchev–Trinajstić information content (AvgIpc) is 3.57. The fraction of sp³-hybridized carbons (Fsp3) is 0.172. The standard InChI is InChI=1S/C29H27N5O3/c1-20-10-8-11-21(2)27(20)34(26(35)19-33-25-16-7-6-15-24(25)31-32-33)28(22-12-4-3-5-13-22)29(36)30-18-23-14-9-17-37-23/h3-17,28H,18-19H2,1-2H3,(H,30,36). The molecule has 1 atom stereocenters. The van der Waals surface area contributed by atoms with Crippen LogP contribution in [0.1, 0.15) is 28.5 Å². The minimum absolute atomic E-state index is 0.0803. The van der Waals surface area contributed by atoms with Crippen LogP contribution in [0.4, 0.5) is 5.69 Å². The summed E-state index contributed by atoms with van der Waals surface area (Å²) >= 11 is 0. The van der Waals surface area contributed by atoms with Crippen molar-refractivity contribution in [2.24, 2.45) is 0 Å². The Bertz CT molecular complexity index is 1510. The van der Waals surface area contributed by atoms with E-state index in [-0.39, 0.29) is 24.9 Å². The zero-order valence-electron chi connectivity index (χ0n) is 20.7. The number of aryl methyl sites for hydroxylation is 2. The lowest BCUT2D eigenvalue weighted by molar-refractivity contribution is -0.127. The molecule has 8 heteroatoms. The van der Waals surface area contributed by atoms with E-state index in [2.05, 4.69) is 15.6 Å². The summed E-state index contributed by atoms with van der Waals surface area (Å²) in [6.07, 6.45) is 1.56. The third-order valence-electron chi connectivity index (χ3n) is 6.29. The van der Waals surface area contributed by atoms with Gasteiger partial charge < -0.3 is 9.73 Å². The van der Waals surface area contributed by atoms with Crippen molar-refractivity contribution in [3.8, 4) is 0 Å². The van der Waals surface area contributed by atoms with Gasteiger partial charge in [0.15, 0.2) is 0 Å². The molecule has 0 saturated heterocycles. The van der Waals surface area contributed by atoms with E-state index in [1.165, 1.54) is 0 Å². The molecule has 0 fully saturated rings. The lowest BCUT2D eigenvalue weighted by atomic mass is 9.99. The third kappa shape index (κ3) is 4.99. The molecule has 0 aliphatic heterocycles. The molecule has 0 radical (unpaired) electrons. The SMILES string of the molecule is Cc1cccc(C)c1N(C(=O)Cn1nnc2ccccc21)C(C(=O)NCc1ccco1)c1ccccc1. The molecule has 5 aromatic rings. The Hall–Kier alpha value is -4.72. The summed E-state index contributed by atoms with van der Waals surface area (Å²) in [5, 5.41) is 11.4. The molecule has 0 spiro atoms. The number of fused-ring (bicyclic) bond motifs is 1. The summed E-state index contributed by atoms with van der Waals surface area (Å²) in [4.78, 5) is 29.6. The van der Waals surface area contributed by atoms with Crippen LogP contribution < -0.4 is 10.2 Å². The van der Waals surface area contributed by atoms with Crippen molar-refractivity contribution in [1.29, 1.82) is 0 Å². The van der Waals surface area contributed by atoms with Gasteiger partial charge in [-0.25, -0.2) is 4.68 Å².